The van der Waals surface area contributed by atoms with E-state index in [1.165, 1.54) is 11.0 Å². The third kappa shape index (κ3) is 3.24. The average molecular weight is 423 g/mol. The van der Waals surface area contributed by atoms with Crippen LogP contribution in [0, 0.1) is 12.7 Å². The van der Waals surface area contributed by atoms with Gasteiger partial charge in [-0.1, -0.05) is 48.5 Å². The van der Waals surface area contributed by atoms with Gasteiger partial charge < -0.3 is 4.42 Å². The number of rotatable bonds is 3. The maximum atomic E-state index is 14.1. The topological polar surface area (TPSA) is 50.5 Å². The lowest BCUT2D eigenvalue weighted by atomic mass is 9.92. The summed E-state index contributed by atoms with van der Waals surface area (Å²) < 4.78 is 20.0. The molecule has 5 heteroatoms. The first-order valence-corrected chi connectivity index (χ1v) is 10.1. The largest absolute Gasteiger partial charge is 0.457 e. The van der Waals surface area contributed by atoms with Crippen LogP contribution in [-0.4, -0.2) is 11.8 Å². The zero-order chi connectivity index (χ0) is 22.2. The summed E-state index contributed by atoms with van der Waals surface area (Å²) in [5.41, 5.74) is 2.99. The van der Waals surface area contributed by atoms with Crippen LogP contribution in [0.3, 0.4) is 0 Å². The number of anilines is 1. The summed E-state index contributed by atoms with van der Waals surface area (Å²) in [6, 6.07) is 23.9. The van der Waals surface area contributed by atoms with Crippen LogP contribution in [0.1, 0.15) is 27.2 Å². The van der Waals surface area contributed by atoms with Crippen molar-refractivity contribution in [2.45, 2.75) is 6.92 Å². The molecule has 0 N–H and O–H groups in total. The number of halogens is 1. The lowest BCUT2D eigenvalue weighted by Gasteiger charge is -2.29. The van der Waals surface area contributed by atoms with E-state index in [0.717, 1.165) is 5.56 Å². The van der Waals surface area contributed by atoms with Gasteiger partial charge in [0.2, 0.25) is 0 Å². The summed E-state index contributed by atoms with van der Waals surface area (Å²) in [6.07, 6.45) is 1.60. The highest BCUT2D eigenvalue weighted by Crippen LogP contribution is 2.35. The summed E-state index contributed by atoms with van der Waals surface area (Å²) >= 11 is 0. The number of hydrogen-bond donors (Lipinski definition) is 0. The number of para-hydroxylation sites is 1. The van der Waals surface area contributed by atoms with E-state index in [2.05, 4.69) is 0 Å². The van der Waals surface area contributed by atoms with Gasteiger partial charge >= 0.3 is 0 Å². The number of carbonyl (C=O) groups is 2. The van der Waals surface area contributed by atoms with Crippen LogP contribution in [0.5, 0.6) is 0 Å². The summed E-state index contributed by atoms with van der Waals surface area (Å²) in [4.78, 5) is 27.9. The predicted octanol–water partition coefficient (Wildman–Crippen LogP) is 6.12. The standard InChI is InChI=1S/C27H18FNO3/c1-17-8-2-7-13-24(17)29-26(30)20-10-4-3-9-19(20)22(27(29)31)16-18-14-15-25(32-18)21-11-5-6-12-23(21)28/h2-16H,1H3/b22-16+. The zero-order valence-corrected chi connectivity index (χ0v) is 17.2. The van der Waals surface area contributed by atoms with Gasteiger partial charge in [0, 0.05) is 11.1 Å². The van der Waals surface area contributed by atoms with E-state index < -0.39 is 11.7 Å². The van der Waals surface area contributed by atoms with E-state index in [-0.39, 0.29) is 5.91 Å². The van der Waals surface area contributed by atoms with Crippen molar-refractivity contribution in [2.24, 2.45) is 0 Å². The molecule has 4 nitrogen and oxygen atoms in total. The van der Waals surface area contributed by atoms with Crippen molar-refractivity contribution in [3.63, 3.8) is 0 Å². The maximum Gasteiger partial charge on any atom is 0.266 e. The van der Waals surface area contributed by atoms with Gasteiger partial charge in [-0.15, -0.1) is 0 Å². The molecule has 0 fully saturated rings. The minimum absolute atomic E-state index is 0.331. The number of imide groups is 1. The number of benzene rings is 3. The molecule has 156 valence electrons. The molecule has 32 heavy (non-hydrogen) atoms. The van der Waals surface area contributed by atoms with Crippen LogP contribution >= 0.6 is 0 Å². The first-order chi connectivity index (χ1) is 15.5. The highest BCUT2D eigenvalue weighted by molar-refractivity contribution is 6.43. The van der Waals surface area contributed by atoms with Crippen molar-refractivity contribution >= 4 is 29.2 Å². The van der Waals surface area contributed by atoms with Crippen molar-refractivity contribution in [1.29, 1.82) is 0 Å². The van der Waals surface area contributed by atoms with E-state index in [4.69, 9.17) is 4.42 Å². The third-order valence-electron chi connectivity index (χ3n) is 5.49. The van der Waals surface area contributed by atoms with Crippen molar-refractivity contribution in [2.75, 3.05) is 4.90 Å². The summed E-state index contributed by atoms with van der Waals surface area (Å²) in [6.45, 7) is 1.85. The second-order valence-electron chi connectivity index (χ2n) is 7.52. The fourth-order valence-corrected chi connectivity index (χ4v) is 3.90. The number of furan rings is 1. The third-order valence-corrected chi connectivity index (χ3v) is 5.49. The Hall–Kier alpha value is -4.25. The molecule has 5 rings (SSSR count). The van der Waals surface area contributed by atoms with Gasteiger partial charge in [0.1, 0.15) is 17.3 Å². The molecule has 1 aliphatic heterocycles. The summed E-state index contributed by atoms with van der Waals surface area (Å²) in [7, 11) is 0. The molecule has 0 bridgehead atoms. The Morgan fingerprint density at radius 2 is 1.41 bits per heavy atom. The lowest BCUT2D eigenvalue weighted by Crippen LogP contribution is -2.42. The lowest BCUT2D eigenvalue weighted by molar-refractivity contribution is -0.112. The van der Waals surface area contributed by atoms with Gasteiger partial charge in [-0.3, -0.25) is 9.59 Å². The summed E-state index contributed by atoms with van der Waals surface area (Å²) in [5.74, 6) is -0.453. The molecule has 2 amide bonds. The number of carbonyl (C=O) groups excluding carboxylic acids is 2. The van der Waals surface area contributed by atoms with Crippen molar-refractivity contribution in [1.82, 2.24) is 0 Å². The average Bonchev–Trinajstić information content (AvgIpc) is 3.27. The first-order valence-electron chi connectivity index (χ1n) is 10.1. The highest BCUT2D eigenvalue weighted by atomic mass is 19.1. The van der Waals surface area contributed by atoms with Crippen molar-refractivity contribution in [3.05, 3.63) is 113 Å². The van der Waals surface area contributed by atoms with E-state index in [9.17, 15) is 14.0 Å². The molecule has 4 aromatic rings. The van der Waals surface area contributed by atoms with Crippen LogP contribution in [0.25, 0.3) is 23.0 Å². The Labute approximate surface area is 184 Å². The van der Waals surface area contributed by atoms with Gasteiger partial charge in [0.25, 0.3) is 11.8 Å². The Kier molecular flexibility index (Phi) is 4.79. The molecule has 0 aliphatic carbocycles. The van der Waals surface area contributed by atoms with Crippen LogP contribution in [0.15, 0.2) is 89.3 Å². The van der Waals surface area contributed by atoms with E-state index in [0.29, 0.717) is 39.5 Å². The summed E-state index contributed by atoms with van der Waals surface area (Å²) in [5, 5.41) is 0. The molecule has 0 radical (unpaired) electrons. The maximum absolute atomic E-state index is 14.1. The molecule has 0 spiro atoms. The number of amides is 2. The van der Waals surface area contributed by atoms with E-state index in [1.54, 1.807) is 72.8 Å². The van der Waals surface area contributed by atoms with Crippen LogP contribution in [-0.2, 0) is 4.79 Å². The normalized spacial score (nSPS) is 14.7. The van der Waals surface area contributed by atoms with Crippen LogP contribution in [0.4, 0.5) is 10.1 Å². The smallest absolute Gasteiger partial charge is 0.266 e. The SMILES string of the molecule is Cc1ccccc1N1C(=O)/C(=C/c2ccc(-c3ccccc3F)o2)c2ccccc2C1=O. The van der Waals surface area contributed by atoms with E-state index in [1.807, 2.05) is 19.1 Å². The van der Waals surface area contributed by atoms with Crippen LogP contribution in [0.2, 0.25) is 0 Å². The minimum Gasteiger partial charge on any atom is -0.457 e. The van der Waals surface area contributed by atoms with Gasteiger partial charge in [-0.05, 0) is 55.0 Å². The minimum atomic E-state index is -0.438. The fraction of sp³-hybridized carbons (Fsp3) is 0.0370. The Morgan fingerprint density at radius 3 is 2.16 bits per heavy atom. The molecular weight excluding hydrogens is 405 g/mol. The molecule has 1 aromatic heterocycles. The zero-order valence-electron chi connectivity index (χ0n) is 17.2. The quantitative estimate of drug-likeness (QED) is 0.295. The molecule has 0 atom stereocenters. The number of nitrogens with zero attached hydrogens (tertiary/aromatic N) is 1. The van der Waals surface area contributed by atoms with Gasteiger partial charge in [-0.25, -0.2) is 9.29 Å². The number of fused-ring (bicyclic) bond motifs is 1. The van der Waals surface area contributed by atoms with Gasteiger partial charge in [0.15, 0.2) is 0 Å². The van der Waals surface area contributed by atoms with Gasteiger partial charge in [-0.2, -0.15) is 0 Å². The van der Waals surface area contributed by atoms with E-state index >= 15 is 0 Å². The number of aryl methyl sites for hydroxylation is 1. The van der Waals surface area contributed by atoms with Gasteiger partial charge in [0.05, 0.1) is 16.8 Å². The monoisotopic (exact) mass is 423 g/mol. The molecule has 3 aromatic carbocycles. The highest BCUT2D eigenvalue weighted by Gasteiger charge is 2.36. The molecule has 1 aliphatic rings. The second-order valence-corrected chi connectivity index (χ2v) is 7.52. The molecule has 2 heterocycles. The predicted molar refractivity (Wildman–Crippen MR) is 121 cm³/mol. The molecular formula is C27H18FNO3. The fourth-order valence-electron chi connectivity index (χ4n) is 3.90. The number of hydrogen-bond acceptors (Lipinski definition) is 3. The molecule has 0 saturated heterocycles. The molecule has 0 unspecified atom stereocenters. The van der Waals surface area contributed by atoms with Crippen molar-refractivity contribution in [3.8, 4) is 11.3 Å². The van der Waals surface area contributed by atoms with Crippen molar-refractivity contribution < 1.29 is 18.4 Å². The Balaban J connectivity index is 1.63. The Bertz CT molecular complexity index is 1400. The Morgan fingerprint density at radius 1 is 0.750 bits per heavy atom. The van der Waals surface area contributed by atoms with Crippen LogP contribution < -0.4 is 4.90 Å². The first kappa shape index (κ1) is 19.7. The second kappa shape index (κ2) is 7.78. The molecule has 0 saturated carbocycles.